The summed E-state index contributed by atoms with van der Waals surface area (Å²) in [7, 11) is -4.76. The lowest BCUT2D eigenvalue weighted by Crippen LogP contribution is -2.34. The van der Waals surface area contributed by atoms with Crippen molar-refractivity contribution in [3.63, 3.8) is 0 Å². The fourth-order valence-corrected chi connectivity index (χ4v) is 5.34. The molecule has 0 saturated carbocycles. The number of phosphoric ester groups is 1. The highest BCUT2D eigenvalue weighted by molar-refractivity contribution is 7.47. The van der Waals surface area contributed by atoms with Gasteiger partial charge in [-0.25, -0.2) is 4.57 Å². The summed E-state index contributed by atoms with van der Waals surface area (Å²) in [6.45, 7) is 2.29. The monoisotopic (exact) mass is 843 g/mol. The second-order valence-electron chi connectivity index (χ2n) is 13.2. The van der Waals surface area contributed by atoms with Gasteiger partial charge in [0.1, 0.15) is 12.6 Å². The summed E-state index contributed by atoms with van der Waals surface area (Å²) in [5.41, 5.74) is 5.32. The Hall–Kier alpha value is -4.16. The van der Waals surface area contributed by atoms with Crippen molar-refractivity contribution in [1.29, 1.82) is 0 Å². The molecule has 0 spiro atoms. The largest absolute Gasteiger partial charge is 0.480 e. The van der Waals surface area contributed by atoms with Crippen molar-refractivity contribution in [2.45, 2.75) is 128 Å². The number of allylic oxidation sites excluding steroid dienone is 18. The predicted octanol–water partition coefficient (Wildman–Crippen LogP) is 9.80. The third-order valence-corrected chi connectivity index (χ3v) is 8.73. The van der Waals surface area contributed by atoms with Gasteiger partial charge >= 0.3 is 25.7 Å². The van der Waals surface area contributed by atoms with Gasteiger partial charge in [-0.1, -0.05) is 135 Å². The molecule has 4 atom stereocenters. The summed E-state index contributed by atoms with van der Waals surface area (Å²) >= 11 is 0. The van der Waals surface area contributed by atoms with Crippen molar-refractivity contribution in [3.05, 3.63) is 122 Å². The van der Waals surface area contributed by atoms with E-state index >= 15 is 0 Å². The smallest absolute Gasteiger partial charge is 0.472 e. The number of carboxylic acid groups (broad SMARTS) is 1. The van der Waals surface area contributed by atoms with Crippen molar-refractivity contribution in [2.24, 2.45) is 5.73 Å². The summed E-state index contributed by atoms with van der Waals surface area (Å²) in [6.07, 6.45) is 49.1. The third-order valence-electron chi connectivity index (χ3n) is 7.78. The molecular weight excluding hydrogens is 773 g/mol. The number of carbonyl (C=O) groups excluding carboxylic acids is 2. The number of esters is 2. The van der Waals surface area contributed by atoms with Crippen LogP contribution in [-0.4, -0.2) is 71.1 Å². The average Bonchev–Trinajstić information content (AvgIpc) is 3.21. The normalized spacial score (nSPS) is 15.5. The van der Waals surface area contributed by atoms with Gasteiger partial charge in [0, 0.05) is 12.8 Å². The molecule has 2 unspecified atom stereocenters. The highest BCUT2D eigenvalue weighted by Gasteiger charge is 2.28. The fourth-order valence-electron chi connectivity index (χ4n) is 4.57. The number of aliphatic carboxylic acids is 1. The van der Waals surface area contributed by atoms with E-state index in [4.69, 9.17) is 24.8 Å². The van der Waals surface area contributed by atoms with Gasteiger partial charge in [-0.2, -0.15) is 0 Å². The summed E-state index contributed by atoms with van der Waals surface area (Å²) < 4.78 is 32.5. The van der Waals surface area contributed by atoms with Crippen molar-refractivity contribution in [3.8, 4) is 0 Å². The second kappa shape index (κ2) is 39.3. The molecule has 0 amide bonds. The third kappa shape index (κ3) is 39.1. The summed E-state index contributed by atoms with van der Waals surface area (Å²) in [5.74, 6) is -2.58. The number of carboxylic acids is 1. The van der Waals surface area contributed by atoms with Crippen LogP contribution in [-0.2, 0) is 37.5 Å². The number of aliphatic hydroxyl groups is 1. The molecule has 59 heavy (non-hydrogen) atoms. The number of hydrogen-bond acceptors (Lipinski definition) is 10. The molecular formula is C46H70NO11P. The van der Waals surface area contributed by atoms with Crippen LogP contribution in [0.5, 0.6) is 0 Å². The molecule has 0 fully saturated rings. The van der Waals surface area contributed by atoms with Gasteiger partial charge in [-0.3, -0.25) is 23.4 Å². The molecule has 0 aliphatic rings. The van der Waals surface area contributed by atoms with E-state index in [0.717, 1.165) is 51.4 Å². The van der Waals surface area contributed by atoms with Gasteiger partial charge in [0.15, 0.2) is 6.10 Å². The van der Waals surface area contributed by atoms with Crippen LogP contribution in [0.2, 0.25) is 0 Å². The lowest BCUT2D eigenvalue weighted by Gasteiger charge is -2.20. The maximum absolute atomic E-state index is 12.6. The first-order valence-corrected chi connectivity index (χ1v) is 22.2. The van der Waals surface area contributed by atoms with Crippen LogP contribution < -0.4 is 5.73 Å². The predicted molar refractivity (Wildman–Crippen MR) is 236 cm³/mol. The number of ether oxygens (including phenoxy) is 2. The Labute approximate surface area is 352 Å². The molecule has 0 aliphatic heterocycles. The van der Waals surface area contributed by atoms with Crippen LogP contribution in [0.3, 0.4) is 0 Å². The van der Waals surface area contributed by atoms with E-state index < -0.39 is 63.8 Å². The van der Waals surface area contributed by atoms with E-state index in [0.29, 0.717) is 32.1 Å². The maximum atomic E-state index is 12.6. The molecule has 330 valence electrons. The molecule has 13 heteroatoms. The van der Waals surface area contributed by atoms with Crippen LogP contribution in [0.1, 0.15) is 110 Å². The zero-order valence-electron chi connectivity index (χ0n) is 35.1. The lowest BCUT2D eigenvalue weighted by atomic mass is 10.2. The highest BCUT2D eigenvalue weighted by Crippen LogP contribution is 2.43. The number of nitrogens with two attached hydrogens (primary N) is 1. The first kappa shape index (κ1) is 54.8. The van der Waals surface area contributed by atoms with Gasteiger partial charge < -0.3 is 30.3 Å². The number of unbranched alkanes of at least 4 members (excludes halogenated alkanes) is 2. The standard InChI is InChI=1S/C46H70NO11P/c1-3-5-7-8-9-10-11-12-13-14-15-16-20-23-26-29-32-36-44(49)55-38-42(39-56-59(53,54)57-40-43(47)46(51)52)58-45(50)37-33-30-27-24-21-18-17-19-22-25-28-31-35-41(48)34-6-4-2/h5-7,9-10,12-13,15-18,22-28,31,34,41-43,48H,3-4,8,11,14,19-21,29-30,32-33,35-40,47H2,1-2H3,(H,51,52)(H,53,54)/b7-5-,10-9-,13-12-,16-15-,18-17-,25-22-,26-23-,27-24-,31-28+,34-6-/t41?,42-,43+/m1/s1. The molecule has 0 aliphatic carbocycles. The Morgan fingerprint density at radius 3 is 1.59 bits per heavy atom. The quantitative estimate of drug-likeness (QED) is 0.0154. The highest BCUT2D eigenvalue weighted by atomic mass is 31.2. The second-order valence-corrected chi connectivity index (χ2v) is 14.7. The molecule has 12 nitrogen and oxygen atoms in total. The van der Waals surface area contributed by atoms with Gasteiger partial charge in [0.05, 0.1) is 19.3 Å². The lowest BCUT2D eigenvalue weighted by molar-refractivity contribution is -0.161. The van der Waals surface area contributed by atoms with Gasteiger partial charge in [-0.15, -0.1) is 0 Å². The van der Waals surface area contributed by atoms with Crippen LogP contribution in [0.25, 0.3) is 0 Å². The van der Waals surface area contributed by atoms with Crippen LogP contribution in [0.4, 0.5) is 0 Å². The molecule has 0 aromatic carbocycles. The molecule has 0 bridgehead atoms. The average molecular weight is 844 g/mol. The minimum Gasteiger partial charge on any atom is -0.480 e. The summed E-state index contributed by atoms with van der Waals surface area (Å²) in [5, 5.41) is 18.6. The van der Waals surface area contributed by atoms with Crippen molar-refractivity contribution < 1.29 is 52.6 Å². The van der Waals surface area contributed by atoms with Crippen LogP contribution in [0.15, 0.2) is 122 Å². The molecule has 5 N–H and O–H groups in total. The summed E-state index contributed by atoms with van der Waals surface area (Å²) in [6, 6.07) is -1.55. The first-order valence-electron chi connectivity index (χ1n) is 20.7. The first-order chi connectivity index (χ1) is 28.5. The van der Waals surface area contributed by atoms with Gasteiger partial charge in [0.25, 0.3) is 0 Å². The Morgan fingerprint density at radius 2 is 1.07 bits per heavy atom. The Balaban J connectivity index is 4.65. The molecule has 0 radical (unpaired) electrons. The number of hydrogen-bond donors (Lipinski definition) is 4. The molecule has 0 heterocycles. The SMILES string of the molecule is CC/C=C\C/C=C\C/C=C\C/C=C\C/C=C\CCCC(=O)OC[C@H](COP(=O)(O)OC[C@H](N)C(=O)O)OC(=O)CCC/C=C\C/C=C\C/C=C\C=C\CC(O)/C=C\CC. The Morgan fingerprint density at radius 1 is 0.610 bits per heavy atom. The number of phosphoric acid groups is 1. The van der Waals surface area contributed by atoms with Gasteiger partial charge in [-0.05, 0) is 83.5 Å². The minimum atomic E-state index is -4.76. The van der Waals surface area contributed by atoms with E-state index in [1.807, 2.05) is 73.8 Å². The molecule has 0 saturated heterocycles. The fraction of sp³-hybridized carbons (Fsp3) is 0.500. The van der Waals surface area contributed by atoms with E-state index in [1.165, 1.54) is 0 Å². The van der Waals surface area contributed by atoms with E-state index in [-0.39, 0.29) is 12.8 Å². The van der Waals surface area contributed by atoms with E-state index in [9.17, 15) is 28.9 Å². The summed E-state index contributed by atoms with van der Waals surface area (Å²) in [4.78, 5) is 45.9. The number of rotatable bonds is 36. The van der Waals surface area contributed by atoms with Crippen LogP contribution in [0, 0.1) is 0 Å². The van der Waals surface area contributed by atoms with Crippen molar-refractivity contribution in [2.75, 3.05) is 19.8 Å². The van der Waals surface area contributed by atoms with E-state index in [2.05, 4.69) is 60.1 Å². The zero-order chi connectivity index (χ0) is 43.7. The Bertz CT molecular complexity index is 1470. The van der Waals surface area contributed by atoms with Crippen molar-refractivity contribution >= 4 is 25.7 Å². The van der Waals surface area contributed by atoms with Gasteiger partial charge in [0.2, 0.25) is 0 Å². The Kier molecular flexibility index (Phi) is 36.5. The number of aliphatic hydroxyl groups excluding tert-OH is 1. The van der Waals surface area contributed by atoms with E-state index in [1.54, 1.807) is 6.08 Å². The molecule has 0 rings (SSSR count). The van der Waals surface area contributed by atoms with Crippen LogP contribution >= 0.6 is 7.82 Å². The molecule has 0 aromatic rings. The minimum absolute atomic E-state index is 0.0445. The molecule has 0 aromatic heterocycles. The van der Waals surface area contributed by atoms with Crippen molar-refractivity contribution in [1.82, 2.24) is 0 Å². The topological polar surface area (TPSA) is 192 Å². The maximum Gasteiger partial charge on any atom is 0.472 e. The number of carbonyl (C=O) groups is 3. The zero-order valence-corrected chi connectivity index (χ0v) is 36.0.